The Morgan fingerprint density at radius 1 is 1.06 bits per heavy atom. The molecule has 0 aliphatic heterocycles. The second-order valence-corrected chi connectivity index (χ2v) is 7.64. The molecule has 0 amide bonds. The Kier molecular flexibility index (Phi) is 2.03. The Hall–Kier alpha value is 0.600. The van der Waals surface area contributed by atoms with Gasteiger partial charge in [-0.25, -0.2) is 4.98 Å². The van der Waals surface area contributed by atoms with Gasteiger partial charge in [0.1, 0.15) is 9.49 Å². The molecule has 0 saturated heterocycles. The summed E-state index contributed by atoms with van der Waals surface area (Å²) >= 11 is 31.3. The molecule has 1 aromatic heterocycles. The number of aromatic nitrogens is 1. The molecule has 0 radical (unpaired) electrons. The maximum absolute atomic E-state index is 6.36. The largest absolute Gasteiger partial charge is 0.240 e. The van der Waals surface area contributed by atoms with Crippen molar-refractivity contribution in [3.8, 4) is 0 Å². The normalized spacial score (nSPS) is 47.8. The summed E-state index contributed by atoms with van der Waals surface area (Å²) in [6.07, 6.45) is 0. The molecule has 4 rings (SSSR count). The summed E-state index contributed by atoms with van der Waals surface area (Å²) in [4.78, 5) is 4.37. The number of hydrogen-bond acceptors (Lipinski definition) is 1. The van der Waals surface area contributed by atoms with Gasteiger partial charge in [0, 0.05) is 17.3 Å². The van der Waals surface area contributed by atoms with Gasteiger partial charge in [-0.2, -0.15) is 0 Å². The van der Waals surface area contributed by atoms with E-state index in [0.717, 1.165) is 11.3 Å². The lowest BCUT2D eigenvalue weighted by atomic mass is 9.67. The van der Waals surface area contributed by atoms with Crippen LogP contribution in [0.15, 0.2) is 12.1 Å². The van der Waals surface area contributed by atoms with Gasteiger partial charge >= 0.3 is 0 Å². The molecule has 3 aliphatic carbocycles. The number of halogens is 5. The molecule has 1 heterocycles. The smallest absolute Gasteiger partial charge is 0.143 e. The van der Waals surface area contributed by atoms with E-state index in [-0.39, 0.29) is 28.0 Å². The number of nitrogens with zero attached hydrogens (tertiary/aromatic N) is 1. The van der Waals surface area contributed by atoms with Crippen molar-refractivity contribution >= 4 is 58.0 Å². The number of hydrogen-bond donors (Lipinski definition) is 0. The highest BCUT2D eigenvalue weighted by atomic mass is 35.5. The zero-order valence-corrected chi connectivity index (χ0v) is 12.1. The Morgan fingerprint density at radius 2 is 1.76 bits per heavy atom. The number of rotatable bonds is 0. The van der Waals surface area contributed by atoms with Gasteiger partial charge in [0.15, 0.2) is 0 Å². The third-order valence-electron chi connectivity index (χ3n) is 4.44. The second-order valence-electron chi connectivity index (χ2n) is 4.92. The summed E-state index contributed by atoms with van der Waals surface area (Å²) in [5.74, 6) is 0.194. The lowest BCUT2D eigenvalue weighted by Gasteiger charge is -2.52. The Bertz CT molecular complexity index is 545. The van der Waals surface area contributed by atoms with Crippen LogP contribution in [0, 0.1) is 5.41 Å². The van der Waals surface area contributed by atoms with Gasteiger partial charge in [-0.15, -0.1) is 23.2 Å². The topological polar surface area (TPSA) is 12.9 Å². The van der Waals surface area contributed by atoms with Gasteiger partial charge in [0.05, 0.1) is 16.4 Å². The van der Waals surface area contributed by atoms with Gasteiger partial charge in [-0.1, -0.05) is 40.9 Å². The molecule has 0 aromatic carbocycles. The minimum absolute atomic E-state index is 0.0871. The molecule has 0 bridgehead atoms. The van der Waals surface area contributed by atoms with Crippen LogP contribution >= 0.6 is 58.0 Å². The average molecular weight is 329 g/mol. The van der Waals surface area contributed by atoms with E-state index in [2.05, 4.69) is 4.98 Å². The van der Waals surface area contributed by atoms with Gasteiger partial charge in [0.2, 0.25) is 0 Å². The van der Waals surface area contributed by atoms with Crippen LogP contribution in [0.5, 0.6) is 0 Å². The molecule has 1 aromatic rings. The van der Waals surface area contributed by atoms with Crippen LogP contribution in [0.25, 0.3) is 0 Å². The summed E-state index contributed by atoms with van der Waals surface area (Å²) in [6.45, 7) is 0. The fraction of sp³-hybridized carbons (Fsp3) is 0.545. The average Bonchev–Trinajstić information content (AvgIpc) is 2.80. The van der Waals surface area contributed by atoms with Crippen molar-refractivity contribution in [1.82, 2.24) is 4.98 Å². The van der Waals surface area contributed by atoms with Crippen molar-refractivity contribution in [2.45, 2.75) is 26.9 Å². The van der Waals surface area contributed by atoms with Gasteiger partial charge in [-0.3, -0.25) is 0 Å². The van der Waals surface area contributed by atoms with E-state index < -0.39 is 4.33 Å². The minimum atomic E-state index is -0.969. The molecule has 90 valence electrons. The molecule has 1 nitrogen and oxygen atoms in total. The molecule has 0 unspecified atom stereocenters. The predicted molar refractivity (Wildman–Crippen MR) is 70.9 cm³/mol. The van der Waals surface area contributed by atoms with E-state index in [1.165, 1.54) is 0 Å². The fourth-order valence-corrected chi connectivity index (χ4v) is 6.13. The van der Waals surface area contributed by atoms with Crippen LogP contribution in [-0.4, -0.2) is 20.1 Å². The molecule has 2 saturated carbocycles. The van der Waals surface area contributed by atoms with Crippen molar-refractivity contribution in [1.29, 1.82) is 0 Å². The summed E-state index contributed by atoms with van der Waals surface area (Å²) in [6, 6.07) is 3.74. The molecule has 0 N–H and O–H groups in total. The Morgan fingerprint density at radius 3 is 2.47 bits per heavy atom. The quantitative estimate of drug-likeness (QED) is 0.510. The van der Waals surface area contributed by atoms with Crippen LogP contribution in [0.3, 0.4) is 0 Å². The summed E-state index contributed by atoms with van der Waals surface area (Å²) in [5.41, 5.74) is 1.70. The maximum atomic E-state index is 6.36. The van der Waals surface area contributed by atoms with Crippen molar-refractivity contribution in [3.63, 3.8) is 0 Å². The van der Waals surface area contributed by atoms with E-state index in [4.69, 9.17) is 58.0 Å². The number of pyridine rings is 1. The second kappa shape index (κ2) is 3.02. The fourth-order valence-electron chi connectivity index (χ4n) is 3.67. The van der Waals surface area contributed by atoms with Crippen molar-refractivity contribution < 1.29 is 0 Å². The Balaban J connectivity index is 1.94. The monoisotopic (exact) mass is 327 g/mol. The lowest BCUT2D eigenvalue weighted by Crippen LogP contribution is -2.57. The van der Waals surface area contributed by atoms with Crippen LogP contribution in [0.1, 0.15) is 23.1 Å². The third-order valence-corrected chi connectivity index (χ3v) is 7.19. The zero-order valence-electron chi connectivity index (χ0n) is 8.30. The first-order chi connectivity index (χ1) is 7.94. The first kappa shape index (κ1) is 11.4. The highest BCUT2D eigenvalue weighted by molar-refractivity contribution is 6.56. The molecule has 2 fully saturated rings. The lowest BCUT2D eigenvalue weighted by molar-refractivity contribution is 0.220. The molecular formula is C11H6Cl5N. The summed E-state index contributed by atoms with van der Waals surface area (Å²) < 4.78 is -0.969. The molecule has 6 heteroatoms. The number of alkyl halides is 4. The standard InChI is InChI=1S/C11H6Cl5N/c12-4-2-1-3-5-9(14)11(15,16)10(5)6(8(10)13)7(3)17-4/h1-2,5-6,8-9H/t5-,6-,8+,9+,10+/m0/s1. The van der Waals surface area contributed by atoms with Crippen LogP contribution in [-0.2, 0) is 0 Å². The van der Waals surface area contributed by atoms with E-state index in [0.29, 0.717) is 5.15 Å². The summed E-state index contributed by atoms with van der Waals surface area (Å²) in [7, 11) is 0. The SMILES string of the molecule is Clc1ccc2c(n1)[C@H]1[C@@H](Cl)[C@@]13[C@@H]2[C@@H](Cl)C3(Cl)Cl. The number of fused-ring (bicyclic) bond motifs is 3. The predicted octanol–water partition coefficient (Wildman–Crippen LogP) is 4.32. The maximum Gasteiger partial charge on any atom is 0.143 e. The molecule has 3 aliphatic rings. The molecule has 5 atom stereocenters. The van der Waals surface area contributed by atoms with E-state index >= 15 is 0 Å². The van der Waals surface area contributed by atoms with Crippen molar-refractivity contribution in [2.75, 3.05) is 0 Å². The van der Waals surface area contributed by atoms with E-state index in [1.807, 2.05) is 6.07 Å². The van der Waals surface area contributed by atoms with E-state index in [1.54, 1.807) is 6.07 Å². The highest BCUT2D eigenvalue weighted by Gasteiger charge is 2.90. The van der Waals surface area contributed by atoms with Crippen molar-refractivity contribution in [3.05, 3.63) is 28.5 Å². The minimum Gasteiger partial charge on any atom is -0.240 e. The van der Waals surface area contributed by atoms with Crippen LogP contribution < -0.4 is 0 Å². The van der Waals surface area contributed by atoms with Crippen molar-refractivity contribution in [2.24, 2.45) is 5.41 Å². The molecule has 17 heavy (non-hydrogen) atoms. The summed E-state index contributed by atoms with van der Waals surface area (Å²) in [5, 5.41) is 0.0640. The molecule has 1 spiro atoms. The first-order valence-corrected chi connectivity index (χ1v) is 7.27. The highest BCUT2D eigenvalue weighted by Crippen LogP contribution is 2.89. The first-order valence-electron chi connectivity index (χ1n) is 5.26. The van der Waals surface area contributed by atoms with Crippen LogP contribution in [0.4, 0.5) is 0 Å². The van der Waals surface area contributed by atoms with Gasteiger partial charge < -0.3 is 0 Å². The Labute approximate surface area is 123 Å². The van der Waals surface area contributed by atoms with Gasteiger partial charge in [-0.05, 0) is 11.6 Å². The van der Waals surface area contributed by atoms with Crippen LogP contribution in [0.2, 0.25) is 5.15 Å². The van der Waals surface area contributed by atoms with E-state index in [9.17, 15) is 0 Å². The zero-order chi connectivity index (χ0) is 12.2. The third kappa shape index (κ3) is 0.964. The molecular weight excluding hydrogens is 323 g/mol. The van der Waals surface area contributed by atoms with Gasteiger partial charge in [0.25, 0.3) is 0 Å².